The lowest BCUT2D eigenvalue weighted by atomic mass is 9.99. The third-order valence-electron chi connectivity index (χ3n) is 4.37. The van der Waals surface area contributed by atoms with Gasteiger partial charge in [0.05, 0.1) is 17.2 Å². The number of aromatic nitrogens is 1. The second-order valence-corrected chi connectivity index (χ2v) is 6.57. The van der Waals surface area contributed by atoms with Gasteiger partial charge in [0.15, 0.2) is 0 Å². The van der Waals surface area contributed by atoms with Crippen LogP contribution in [-0.2, 0) is 12.4 Å². The SMILES string of the molecule is CCCCCCNCC(O)c1cc(C(F)(F)F)nc2c(C(F)(F)F)cccc12. The molecule has 1 aromatic heterocycles. The molecular weight excluding hydrogens is 386 g/mol. The number of nitrogens with zero attached hydrogens (tertiary/aromatic N) is 1. The summed E-state index contributed by atoms with van der Waals surface area (Å²) >= 11 is 0. The van der Waals surface area contributed by atoms with Crippen LogP contribution in [0.15, 0.2) is 24.3 Å². The van der Waals surface area contributed by atoms with Crippen LogP contribution in [0, 0.1) is 0 Å². The first-order valence-electron chi connectivity index (χ1n) is 9.02. The van der Waals surface area contributed by atoms with E-state index >= 15 is 0 Å². The van der Waals surface area contributed by atoms with Crippen LogP contribution in [0.25, 0.3) is 10.9 Å². The van der Waals surface area contributed by atoms with Crippen molar-refractivity contribution in [1.82, 2.24) is 10.3 Å². The molecule has 1 atom stereocenters. The van der Waals surface area contributed by atoms with Crippen molar-refractivity contribution in [1.29, 1.82) is 0 Å². The molecule has 9 heteroatoms. The molecule has 0 bridgehead atoms. The summed E-state index contributed by atoms with van der Waals surface area (Å²) in [5, 5.41) is 13.2. The lowest BCUT2D eigenvalue weighted by Crippen LogP contribution is -2.23. The Labute approximate surface area is 158 Å². The molecule has 2 rings (SSSR count). The van der Waals surface area contributed by atoms with Crippen molar-refractivity contribution in [3.63, 3.8) is 0 Å². The molecule has 0 radical (unpaired) electrons. The van der Waals surface area contributed by atoms with Gasteiger partial charge in [-0.3, -0.25) is 0 Å². The van der Waals surface area contributed by atoms with Gasteiger partial charge in [-0.05, 0) is 30.7 Å². The Hall–Kier alpha value is -1.87. The number of halogens is 6. The van der Waals surface area contributed by atoms with E-state index in [0.29, 0.717) is 18.7 Å². The van der Waals surface area contributed by atoms with Gasteiger partial charge in [0.1, 0.15) is 5.69 Å². The molecule has 0 saturated carbocycles. The van der Waals surface area contributed by atoms with Crippen molar-refractivity contribution in [3.05, 3.63) is 41.1 Å². The Bertz CT molecular complexity index is 788. The highest BCUT2D eigenvalue weighted by Crippen LogP contribution is 2.38. The van der Waals surface area contributed by atoms with Gasteiger partial charge in [-0.15, -0.1) is 0 Å². The molecule has 28 heavy (non-hydrogen) atoms. The number of unbranched alkanes of at least 4 members (excludes halogenated alkanes) is 3. The van der Waals surface area contributed by atoms with Crippen LogP contribution in [0.1, 0.15) is 55.5 Å². The van der Waals surface area contributed by atoms with E-state index in [2.05, 4.69) is 17.2 Å². The van der Waals surface area contributed by atoms with Crippen molar-refractivity contribution >= 4 is 10.9 Å². The average molecular weight is 408 g/mol. The van der Waals surface area contributed by atoms with E-state index in [9.17, 15) is 31.4 Å². The van der Waals surface area contributed by atoms with Crippen molar-refractivity contribution in [2.24, 2.45) is 0 Å². The number of benzene rings is 1. The lowest BCUT2D eigenvalue weighted by molar-refractivity contribution is -0.142. The van der Waals surface area contributed by atoms with Crippen LogP contribution < -0.4 is 5.32 Å². The molecule has 2 N–H and O–H groups in total. The fraction of sp³-hybridized carbons (Fsp3) is 0.526. The minimum atomic E-state index is -4.94. The quantitative estimate of drug-likeness (QED) is 0.449. The molecule has 1 unspecified atom stereocenters. The minimum Gasteiger partial charge on any atom is -0.387 e. The Morgan fingerprint density at radius 1 is 1.04 bits per heavy atom. The summed E-state index contributed by atoms with van der Waals surface area (Å²) in [6.07, 6.45) is -7.29. The summed E-state index contributed by atoms with van der Waals surface area (Å²) < 4.78 is 79.2. The van der Waals surface area contributed by atoms with E-state index < -0.39 is 35.2 Å². The molecule has 0 amide bonds. The summed E-state index contributed by atoms with van der Waals surface area (Å²) in [4.78, 5) is 3.21. The molecular formula is C19H22F6N2O. The van der Waals surface area contributed by atoms with E-state index in [1.807, 2.05) is 0 Å². The topological polar surface area (TPSA) is 45.1 Å². The molecule has 156 valence electrons. The number of fused-ring (bicyclic) bond motifs is 1. The molecule has 0 aliphatic carbocycles. The Morgan fingerprint density at radius 3 is 2.36 bits per heavy atom. The summed E-state index contributed by atoms with van der Waals surface area (Å²) in [6, 6.07) is 3.62. The lowest BCUT2D eigenvalue weighted by Gasteiger charge is -2.19. The Balaban J connectivity index is 2.38. The highest BCUT2D eigenvalue weighted by Gasteiger charge is 2.37. The number of pyridine rings is 1. The van der Waals surface area contributed by atoms with Crippen molar-refractivity contribution in [2.45, 2.75) is 51.1 Å². The van der Waals surface area contributed by atoms with Gasteiger partial charge in [-0.25, -0.2) is 4.98 Å². The van der Waals surface area contributed by atoms with E-state index in [-0.39, 0.29) is 17.5 Å². The monoisotopic (exact) mass is 408 g/mol. The number of hydrogen-bond donors (Lipinski definition) is 2. The minimum absolute atomic E-state index is 0.0707. The second kappa shape index (κ2) is 9.09. The number of alkyl halides is 6. The molecule has 0 aliphatic heterocycles. The van der Waals surface area contributed by atoms with Crippen molar-refractivity contribution in [2.75, 3.05) is 13.1 Å². The number of hydrogen-bond acceptors (Lipinski definition) is 3. The van der Waals surface area contributed by atoms with Crippen molar-refractivity contribution < 1.29 is 31.4 Å². The standard InChI is InChI=1S/C19H22F6N2O/c1-2-3-4-5-9-26-11-15(28)13-10-16(19(23,24)25)27-17-12(13)7-6-8-14(17)18(20,21)22/h6-8,10,15,26,28H,2-5,9,11H2,1H3. The van der Waals surface area contributed by atoms with Crippen LogP contribution in [-0.4, -0.2) is 23.2 Å². The van der Waals surface area contributed by atoms with Gasteiger partial charge in [-0.2, -0.15) is 26.3 Å². The van der Waals surface area contributed by atoms with Gasteiger partial charge < -0.3 is 10.4 Å². The maximum absolute atomic E-state index is 13.2. The van der Waals surface area contributed by atoms with Crippen molar-refractivity contribution in [3.8, 4) is 0 Å². The number of para-hydroxylation sites is 1. The smallest absolute Gasteiger partial charge is 0.387 e. The van der Waals surface area contributed by atoms with Gasteiger partial charge in [-0.1, -0.05) is 38.3 Å². The zero-order valence-electron chi connectivity index (χ0n) is 15.3. The molecule has 1 heterocycles. The highest BCUT2D eigenvalue weighted by atomic mass is 19.4. The maximum atomic E-state index is 13.2. The summed E-state index contributed by atoms with van der Waals surface area (Å²) in [5.74, 6) is 0. The number of nitrogens with one attached hydrogen (secondary N) is 1. The molecule has 1 aromatic carbocycles. The molecule has 0 aliphatic rings. The fourth-order valence-corrected chi connectivity index (χ4v) is 2.95. The number of rotatable bonds is 8. The third-order valence-corrected chi connectivity index (χ3v) is 4.37. The zero-order valence-corrected chi connectivity index (χ0v) is 15.3. The van der Waals surface area contributed by atoms with Crippen LogP contribution >= 0.6 is 0 Å². The predicted octanol–water partition coefficient (Wildman–Crippen LogP) is 5.48. The van der Waals surface area contributed by atoms with Gasteiger partial charge in [0.2, 0.25) is 0 Å². The first kappa shape index (κ1) is 22.4. The average Bonchev–Trinajstić information content (AvgIpc) is 2.61. The first-order valence-corrected chi connectivity index (χ1v) is 9.02. The van der Waals surface area contributed by atoms with Gasteiger partial charge >= 0.3 is 12.4 Å². The second-order valence-electron chi connectivity index (χ2n) is 6.57. The zero-order chi connectivity index (χ0) is 20.9. The third kappa shape index (κ3) is 5.57. The van der Waals surface area contributed by atoms with Crippen LogP contribution in [0.4, 0.5) is 26.3 Å². The summed E-state index contributed by atoms with van der Waals surface area (Å²) in [7, 11) is 0. The Kier molecular flexibility index (Phi) is 7.28. The van der Waals surface area contributed by atoms with E-state index in [4.69, 9.17) is 0 Å². The van der Waals surface area contributed by atoms with Crippen LogP contribution in [0.3, 0.4) is 0 Å². The number of aliphatic hydroxyl groups excluding tert-OH is 1. The Morgan fingerprint density at radius 2 is 1.75 bits per heavy atom. The van der Waals surface area contributed by atoms with Crippen LogP contribution in [0.5, 0.6) is 0 Å². The number of aliphatic hydroxyl groups is 1. The van der Waals surface area contributed by atoms with E-state index in [0.717, 1.165) is 31.7 Å². The van der Waals surface area contributed by atoms with E-state index in [1.54, 1.807) is 0 Å². The predicted molar refractivity (Wildman–Crippen MR) is 93.7 cm³/mol. The van der Waals surface area contributed by atoms with Crippen LogP contribution in [0.2, 0.25) is 0 Å². The van der Waals surface area contributed by atoms with Gasteiger partial charge in [0, 0.05) is 11.9 Å². The molecule has 2 aromatic rings. The molecule has 0 fully saturated rings. The first-order chi connectivity index (χ1) is 13.1. The summed E-state index contributed by atoms with van der Waals surface area (Å²) in [6.45, 7) is 2.54. The normalized spacial score (nSPS) is 13.9. The largest absolute Gasteiger partial charge is 0.433 e. The fourth-order valence-electron chi connectivity index (χ4n) is 2.95. The van der Waals surface area contributed by atoms with E-state index in [1.165, 1.54) is 6.07 Å². The molecule has 3 nitrogen and oxygen atoms in total. The summed E-state index contributed by atoms with van der Waals surface area (Å²) in [5.41, 5.74) is -3.78. The molecule has 0 spiro atoms. The maximum Gasteiger partial charge on any atom is 0.433 e. The van der Waals surface area contributed by atoms with Gasteiger partial charge in [0.25, 0.3) is 0 Å². The highest BCUT2D eigenvalue weighted by molar-refractivity contribution is 5.86. The molecule has 0 saturated heterocycles.